The molecule has 6 heteroatoms. The second-order valence-corrected chi connectivity index (χ2v) is 7.19. The van der Waals surface area contributed by atoms with Gasteiger partial charge in [-0.05, 0) is 48.0 Å². The number of carbonyl (C=O) groups excluding carboxylic acids is 1. The number of anilines is 3. The number of thiazole rings is 1. The van der Waals surface area contributed by atoms with Crippen LogP contribution >= 0.6 is 11.3 Å². The minimum absolute atomic E-state index is 0.175. The summed E-state index contributed by atoms with van der Waals surface area (Å²) in [6.45, 7) is 0.505. The van der Waals surface area contributed by atoms with Crippen molar-refractivity contribution in [3.05, 3.63) is 102 Å². The predicted molar refractivity (Wildman–Crippen MR) is 117 cm³/mol. The van der Waals surface area contributed by atoms with Gasteiger partial charge in [0, 0.05) is 28.5 Å². The fourth-order valence-electron chi connectivity index (χ4n) is 2.73. The lowest BCUT2D eigenvalue weighted by Crippen LogP contribution is -2.12. The fourth-order valence-corrected chi connectivity index (χ4v) is 3.27. The van der Waals surface area contributed by atoms with Crippen LogP contribution in [-0.2, 0) is 6.61 Å². The lowest BCUT2D eigenvalue weighted by molar-refractivity contribution is 0.102. The summed E-state index contributed by atoms with van der Waals surface area (Å²) in [5, 5.41) is 8.78. The van der Waals surface area contributed by atoms with Crippen molar-refractivity contribution in [2.45, 2.75) is 6.61 Å². The van der Waals surface area contributed by atoms with Crippen molar-refractivity contribution in [1.29, 1.82) is 0 Å². The molecule has 0 aliphatic rings. The summed E-state index contributed by atoms with van der Waals surface area (Å²) < 4.78 is 5.78. The highest BCUT2D eigenvalue weighted by atomic mass is 32.1. The first-order valence-corrected chi connectivity index (χ1v) is 9.99. The first kappa shape index (κ1) is 18.7. The topological polar surface area (TPSA) is 63.2 Å². The van der Waals surface area contributed by atoms with Crippen molar-refractivity contribution in [3.8, 4) is 5.75 Å². The van der Waals surface area contributed by atoms with Crippen LogP contribution in [0.25, 0.3) is 0 Å². The van der Waals surface area contributed by atoms with Crippen molar-refractivity contribution < 1.29 is 9.53 Å². The number of rotatable bonds is 7. The zero-order chi connectivity index (χ0) is 19.9. The molecule has 0 saturated carbocycles. The predicted octanol–water partition coefficient (Wildman–Crippen LogP) is 5.72. The van der Waals surface area contributed by atoms with E-state index >= 15 is 0 Å². The van der Waals surface area contributed by atoms with Gasteiger partial charge in [-0.1, -0.05) is 36.4 Å². The molecule has 1 heterocycles. The summed E-state index contributed by atoms with van der Waals surface area (Å²) in [6, 6.07) is 24.7. The molecule has 4 aromatic rings. The number of aromatic nitrogens is 1. The molecule has 3 aromatic carbocycles. The minimum atomic E-state index is -0.175. The third kappa shape index (κ3) is 5.21. The fraction of sp³-hybridized carbons (Fsp3) is 0.0435. The molecule has 0 fully saturated rings. The molecule has 0 aliphatic heterocycles. The number of nitrogens with one attached hydrogen (secondary N) is 2. The molecule has 0 atom stereocenters. The Morgan fingerprint density at radius 3 is 2.52 bits per heavy atom. The van der Waals surface area contributed by atoms with Gasteiger partial charge in [0.25, 0.3) is 5.91 Å². The van der Waals surface area contributed by atoms with Crippen LogP contribution in [0.15, 0.2) is 90.4 Å². The van der Waals surface area contributed by atoms with Gasteiger partial charge in [-0.3, -0.25) is 4.79 Å². The molecule has 0 spiro atoms. The Hall–Kier alpha value is -3.64. The largest absolute Gasteiger partial charge is 0.489 e. The summed E-state index contributed by atoms with van der Waals surface area (Å²) in [7, 11) is 0. The quantitative estimate of drug-likeness (QED) is 0.416. The molecule has 4 rings (SSSR count). The van der Waals surface area contributed by atoms with Crippen LogP contribution < -0.4 is 15.4 Å². The Morgan fingerprint density at radius 2 is 1.76 bits per heavy atom. The first-order valence-electron chi connectivity index (χ1n) is 9.11. The summed E-state index contributed by atoms with van der Waals surface area (Å²) >= 11 is 1.50. The SMILES string of the molecule is O=C(Nc1ccc(OCc2ccccc2)cc1)c1cccc(Nc2nccs2)c1. The second-order valence-electron chi connectivity index (χ2n) is 6.30. The van der Waals surface area contributed by atoms with Gasteiger partial charge in [0.15, 0.2) is 5.13 Å². The van der Waals surface area contributed by atoms with Crippen LogP contribution in [0.2, 0.25) is 0 Å². The molecule has 1 aromatic heterocycles. The number of amides is 1. The van der Waals surface area contributed by atoms with Gasteiger partial charge in [-0.15, -0.1) is 11.3 Å². The minimum Gasteiger partial charge on any atom is -0.489 e. The molecule has 144 valence electrons. The van der Waals surface area contributed by atoms with Crippen molar-refractivity contribution in [3.63, 3.8) is 0 Å². The van der Waals surface area contributed by atoms with E-state index in [1.807, 2.05) is 72.1 Å². The van der Waals surface area contributed by atoms with Crippen LogP contribution in [-0.4, -0.2) is 10.9 Å². The highest BCUT2D eigenvalue weighted by molar-refractivity contribution is 7.13. The van der Waals surface area contributed by atoms with Gasteiger partial charge < -0.3 is 15.4 Å². The van der Waals surface area contributed by atoms with Gasteiger partial charge in [0.2, 0.25) is 0 Å². The number of benzene rings is 3. The zero-order valence-corrected chi connectivity index (χ0v) is 16.4. The molecule has 0 saturated heterocycles. The summed E-state index contributed by atoms with van der Waals surface area (Å²) in [4.78, 5) is 16.8. The highest BCUT2D eigenvalue weighted by Gasteiger charge is 2.08. The van der Waals surface area contributed by atoms with E-state index in [2.05, 4.69) is 15.6 Å². The third-order valence-corrected chi connectivity index (χ3v) is 4.86. The van der Waals surface area contributed by atoms with Gasteiger partial charge >= 0.3 is 0 Å². The van der Waals surface area contributed by atoms with Crippen LogP contribution in [0.5, 0.6) is 5.75 Å². The molecule has 1 amide bonds. The lowest BCUT2D eigenvalue weighted by Gasteiger charge is -2.09. The van der Waals surface area contributed by atoms with E-state index in [9.17, 15) is 4.79 Å². The third-order valence-electron chi connectivity index (χ3n) is 4.17. The van der Waals surface area contributed by atoms with E-state index < -0.39 is 0 Å². The van der Waals surface area contributed by atoms with Crippen molar-refractivity contribution >= 4 is 33.8 Å². The normalized spacial score (nSPS) is 10.3. The Morgan fingerprint density at radius 1 is 0.931 bits per heavy atom. The maximum Gasteiger partial charge on any atom is 0.255 e. The Balaban J connectivity index is 1.35. The van der Waals surface area contributed by atoms with Crippen LogP contribution in [0.3, 0.4) is 0 Å². The number of carbonyl (C=O) groups is 1. The summed E-state index contributed by atoms with van der Waals surface area (Å²) in [6.07, 6.45) is 1.73. The smallest absolute Gasteiger partial charge is 0.255 e. The Kier molecular flexibility index (Phi) is 5.83. The van der Waals surface area contributed by atoms with E-state index in [0.29, 0.717) is 17.9 Å². The molecule has 0 unspecified atom stereocenters. The van der Waals surface area contributed by atoms with Gasteiger partial charge in [0.05, 0.1) is 0 Å². The van der Waals surface area contributed by atoms with Crippen molar-refractivity contribution in [2.75, 3.05) is 10.6 Å². The van der Waals surface area contributed by atoms with E-state index in [-0.39, 0.29) is 5.91 Å². The summed E-state index contributed by atoms with van der Waals surface area (Å²) in [5.41, 5.74) is 3.20. The lowest BCUT2D eigenvalue weighted by atomic mass is 10.2. The van der Waals surface area contributed by atoms with Crippen molar-refractivity contribution in [1.82, 2.24) is 4.98 Å². The molecule has 0 radical (unpaired) electrons. The molecular weight excluding hydrogens is 382 g/mol. The van der Waals surface area contributed by atoms with Crippen molar-refractivity contribution in [2.24, 2.45) is 0 Å². The van der Waals surface area contributed by atoms with Crippen LogP contribution in [0.4, 0.5) is 16.5 Å². The van der Waals surface area contributed by atoms with E-state index in [1.165, 1.54) is 11.3 Å². The van der Waals surface area contributed by atoms with E-state index in [0.717, 1.165) is 22.1 Å². The number of nitrogens with zero attached hydrogens (tertiary/aromatic N) is 1. The Bertz CT molecular complexity index is 1070. The summed E-state index contributed by atoms with van der Waals surface area (Å²) in [5.74, 6) is 0.576. The molecule has 0 bridgehead atoms. The van der Waals surface area contributed by atoms with Crippen LogP contribution in [0, 0.1) is 0 Å². The maximum absolute atomic E-state index is 12.6. The zero-order valence-electron chi connectivity index (χ0n) is 15.5. The molecule has 5 nitrogen and oxygen atoms in total. The Labute approximate surface area is 173 Å². The van der Waals surface area contributed by atoms with E-state index in [4.69, 9.17) is 4.74 Å². The number of hydrogen-bond donors (Lipinski definition) is 2. The van der Waals surface area contributed by atoms with Gasteiger partial charge in [-0.25, -0.2) is 4.98 Å². The van der Waals surface area contributed by atoms with E-state index in [1.54, 1.807) is 18.3 Å². The number of ether oxygens (including phenoxy) is 1. The standard InChI is InChI=1S/C23H19N3O2S/c27-22(18-7-4-8-20(15-18)26-23-24-13-14-29-23)25-19-9-11-21(12-10-19)28-16-17-5-2-1-3-6-17/h1-15H,16H2,(H,24,26)(H,25,27). The molecule has 0 aliphatic carbocycles. The molecular formula is C23H19N3O2S. The first-order chi connectivity index (χ1) is 14.3. The average Bonchev–Trinajstić information content (AvgIpc) is 3.27. The molecule has 29 heavy (non-hydrogen) atoms. The van der Waals surface area contributed by atoms with Gasteiger partial charge in [0.1, 0.15) is 12.4 Å². The monoisotopic (exact) mass is 401 g/mol. The highest BCUT2D eigenvalue weighted by Crippen LogP contribution is 2.21. The van der Waals surface area contributed by atoms with Crippen LogP contribution in [0.1, 0.15) is 15.9 Å². The maximum atomic E-state index is 12.6. The second kappa shape index (κ2) is 9.03. The number of hydrogen-bond acceptors (Lipinski definition) is 5. The molecule has 2 N–H and O–H groups in total. The average molecular weight is 401 g/mol. The van der Waals surface area contributed by atoms with Gasteiger partial charge in [-0.2, -0.15) is 0 Å².